The topological polar surface area (TPSA) is 12.9 Å². The number of alkyl halides is 3. The molecule has 4 heteroatoms. The lowest BCUT2D eigenvalue weighted by molar-refractivity contribution is -0.141. The molecular weight excluding hydrogens is 215 g/mol. The lowest BCUT2D eigenvalue weighted by atomic mass is 9.98. The number of pyridine rings is 1. The second-order valence-corrected chi connectivity index (χ2v) is 4.19. The standard InChI is InChI=1S/C12H14F3N/c1-3-8-7(2)9-5-4-6-10(9)16-11(8)12(13,14)15/h3-6H2,1-2H3. The molecule has 1 aromatic heterocycles. The van der Waals surface area contributed by atoms with Crippen molar-refractivity contribution < 1.29 is 13.2 Å². The fraction of sp³-hybridized carbons (Fsp3) is 0.583. The van der Waals surface area contributed by atoms with Crippen molar-refractivity contribution in [1.29, 1.82) is 0 Å². The summed E-state index contributed by atoms with van der Waals surface area (Å²) >= 11 is 0. The molecule has 0 aliphatic heterocycles. The quantitative estimate of drug-likeness (QED) is 0.718. The summed E-state index contributed by atoms with van der Waals surface area (Å²) in [7, 11) is 0. The maximum atomic E-state index is 12.8. The van der Waals surface area contributed by atoms with E-state index < -0.39 is 11.9 Å². The Hall–Kier alpha value is -1.06. The van der Waals surface area contributed by atoms with Crippen LogP contribution in [0.2, 0.25) is 0 Å². The van der Waals surface area contributed by atoms with Gasteiger partial charge in [0, 0.05) is 5.69 Å². The zero-order chi connectivity index (χ0) is 11.9. The van der Waals surface area contributed by atoms with Gasteiger partial charge in [-0.05, 0) is 49.3 Å². The Bertz CT molecular complexity index is 421. The van der Waals surface area contributed by atoms with E-state index in [1.807, 2.05) is 0 Å². The average Bonchev–Trinajstić information content (AvgIpc) is 2.64. The molecule has 88 valence electrons. The van der Waals surface area contributed by atoms with Crippen LogP contribution in [-0.2, 0) is 25.4 Å². The molecule has 0 spiro atoms. The lowest BCUT2D eigenvalue weighted by Gasteiger charge is -2.16. The van der Waals surface area contributed by atoms with E-state index in [9.17, 15) is 13.2 Å². The predicted octanol–water partition coefficient (Wildman–Crippen LogP) is 3.46. The predicted molar refractivity (Wildman–Crippen MR) is 55.4 cm³/mol. The number of nitrogens with zero attached hydrogens (tertiary/aromatic N) is 1. The maximum absolute atomic E-state index is 12.8. The van der Waals surface area contributed by atoms with Crippen LogP contribution < -0.4 is 0 Å². The van der Waals surface area contributed by atoms with Crippen molar-refractivity contribution in [2.45, 2.75) is 45.7 Å². The van der Waals surface area contributed by atoms with Gasteiger partial charge >= 0.3 is 6.18 Å². The van der Waals surface area contributed by atoms with E-state index in [2.05, 4.69) is 4.98 Å². The first-order valence-electron chi connectivity index (χ1n) is 5.53. The minimum absolute atomic E-state index is 0.369. The maximum Gasteiger partial charge on any atom is 0.433 e. The first-order valence-corrected chi connectivity index (χ1v) is 5.53. The molecule has 1 aromatic rings. The average molecular weight is 229 g/mol. The van der Waals surface area contributed by atoms with Gasteiger partial charge in [-0.15, -0.1) is 0 Å². The van der Waals surface area contributed by atoms with Crippen LogP contribution in [0.5, 0.6) is 0 Å². The van der Waals surface area contributed by atoms with Crippen molar-refractivity contribution in [2.24, 2.45) is 0 Å². The normalized spacial score (nSPS) is 15.3. The van der Waals surface area contributed by atoms with Crippen LogP contribution in [0.15, 0.2) is 0 Å². The van der Waals surface area contributed by atoms with E-state index in [0.29, 0.717) is 24.1 Å². The van der Waals surface area contributed by atoms with E-state index in [1.54, 1.807) is 13.8 Å². The van der Waals surface area contributed by atoms with Crippen LogP contribution in [0.25, 0.3) is 0 Å². The summed E-state index contributed by atoms with van der Waals surface area (Å²) in [6.07, 6.45) is -1.45. The fourth-order valence-corrected chi connectivity index (χ4v) is 2.48. The van der Waals surface area contributed by atoms with Crippen LogP contribution in [0, 0.1) is 6.92 Å². The first-order chi connectivity index (χ1) is 7.45. The summed E-state index contributed by atoms with van der Waals surface area (Å²) < 4.78 is 38.5. The summed E-state index contributed by atoms with van der Waals surface area (Å²) in [6.45, 7) is 3.54. The third-order valence-corrected chi connectivity index (χ3v) is 3.25. The Kier molecular flexibility index (Phi) is 2.68. The van der Waals surface area contributed by atoms with Crippen molar-refractivity contribution >= 4 is 0 Å². The number of fused-ring (bicyclic) bond motifs is 1. The van der Waals surface area contributed by atoms with Gasteiger partial charge in [0.2, 0.25) is 0 Å². The SMILES string of the molecule is CCc1c(C(F)(F)F)nc2c(c1C)CCC2. The molecular formula is C12H14F3N. The number of hydrogen-bond donors (Lipinski definition) is 0. The highest BCUT2D eigenvalue weighted by Gasteiger charge is 2.37. The van der Waals surface area contributed by atoms with Gasteiger partial charge < -0.3 is 0 Å². The van der Waals surface area contributed by atoms with Gasteiger partial charge in [0.05, 0.1) is 0 Å². The lowest BCUT2D eigenvalue weighted by Crippen LogP contribution is -2.15. The smallest absolute Gasteiger partial charge is 0.248 e. The van der Waals surface area contributed by atoms with Gasteiger partial charge in [-0.1, -0.05) is 6.92 Å². The molecule has 16 heavy (non-hydrogen) atoms. The molecule has 0 bridgehead atoms. The Morgan fingerprint density at radius 3 is 2.50 bits per heavy atom. The van der Waals surface area contributed by atoms with E-state index in [4.69, 9.17) is 0 Å². The Morgan fingerprint density at radius 2 is 1.94 bits per heavy atom. The fourth-order valence-electron chi connectivity index (χ4n) is 2.48. The molecule has 0 N–H and O–H groups in total. The van der Waals surface area contributed by atoms with Crippen LogP contribution in [-0.4, -0.2) is 4.98 Å². The minimum atomic E-state index is -4.33. The molecule has 0 radical (unpaired) electrons. The molecule has 2 rings (SSSR count). The van der Waals surface area contributed by atoms with Gasteiger partial charge in [-0.2, -0.15) is 13.2 Å². The highest BCUT2D eigenvalue weighted by atomic mass is 19.4. The molecule has 0 unspecified atom stereocenters. The Labute approximate surface area is 92.7 Å². The van der Waals surface area contributed by atoms with Crippen molar-refractivity contribution in [3.05, 3.63) is 28.1 Å². The van der Waals surface area contributed by atoms with Gasteiger partial charge in [0.1, 0.15) is 5.69 Å². The van der Waals surface area contributed by atoms with E-state index >= 15 is 0 Å². The summed E-state index contributed by atoms with van der Waals surface area (Å²) in [5.74, 6) is 0. The van der Waals surface area contributed by atoms with Gasteiger partial charge in [0.25, 0.3) is 0 Å². The summed E-state index contributed by atoms with van der Waals surface area (Å²) in [5, 5.41) is 0. The van der Waals surface area contributed by atoms with Gasteiger partial charge in [-0.3, -0.25) is 0 Å². The third kappa shape index (κ3) is 1.70. The van der Waals surface area contributed by atoms with E-state index in [-0.39, 0.29) is 0 Å². The number of aryl methyl sites for hydroxylation is 1. The molecule has 0 saturated heterocycles. The van der Waals surface area contributed by atoms with E-state index in [0.717, 1.165) is 24.0 Å². The third-order valence-electron chi connectivity index (χ3n) is 3.25. The van der Waals surface area contributed by atoms with Crippen LogP contribution in [0.3, 0.4) is 0 Å². The molecule has 0 fully saturated rings. The van der Waals surface area contributed by atoms with Crippen LogP contribution >= 0.6 is 0 Å². The zero-order valence-electron chi connectivity index (χ0n) is 9.41. The molecule has 1 nitrogen and oxygen atoms in total. The molecule has 1 aliphatic carbocycles. The van der Waals surface area contributed by atoms with Crippen molar-refractivity contribution in [2.75, 3.05) is 0 Å². The number of rotatable bonds is 1. The van der Waals surface area contributed by atoms with Crippen molar-refractivity contribution in [3.8, 4) is 0 Å². The summed E-state index contributed by atoms with van der Waals surface area (Å²) in [6, 6.07) is 0. The summed E-state index contributed by atoms with van der Waals surface area (Å²) in [5.41, 5.74) is 2.20. The van der Waals surface area contributed by atoms with Gasteiger partial charge in [-0.25, -0.2) is 4.98 Å². The number of halogens is 3. The second kappa shape index (κ2) is 3.75. The molecule has 0 saturated carbocycles. The van der Waals surface area contributed by atoms with Gasteiger partial charge in [0.15, 0.2) is 0 Å². The molecule has 0 amide bonds. The second-order valence-electron chi connectivity index (χ2n) is 4.19. The monoisotopic (exact) mass is 229 g/mol. The molecule has 1 heterocycles. The van der Waals surface area contributed by atoms with E-state index in [1.165, 1.54) is 0 Å². The Morgan fingerprint density at radius 1 is 1.25 bits per heavy atom. The van der Waals surface area contributed by atoms with Crippen molar-refractivity contribution in [1.82, 2.24) is 4.98 Å². The number of aromatic nitrogens is 1. The van der Waals surface area contributed by atoms with Crippen LogP contribution in [0.4, 0.5) is 13.2 Å². The highest BCUT2D eigenvalue weighted by Crippen LogP contribution is 2.36. The minimum Gasteiger partial charge on any atom is -0.248 e. The van der Waals surface area contributed by atoms with Crippen LogP contribution in [0.1, 0.15) is 41.4 Å². The summed E-state index contributed by atoms with van der Waals surface area (Å²) in [4.78, 5) is 3.83. The largest absolute Gasteiger partial charge is 0.433 e. The molecule has 0 aromatic carbocycles. The van der Waals surface area contributed by atoms with Crippen molar-refractivity contribution in [3.63, 3.8) is 0 Å². The first kappa shape index (κ1) is 11.4. The number of hydrogen-bond acceptors (Lipinski definition) is 1. The molecule has 1 aliphatic rings. The molecule has 0 atom stereocenters. The zero-order valence-corrected chi connectivity index (χ0v) is 9.41. The highest BCUT2D eigenvalue weighted by molar-refractivity contribution is 5.42. The Balaban J connectivity index is 2.66.